The quantitative estimate of drug-likeness (QED) is 0.607. The maximum absolute atomic E-state index is 12.3. The molecule has 0 aromatic heterocycles. The molecule has 2 aromatic carbocycles. The lowest BCUT2D eigenvalue weighted by Crippen LogP contribution is -2.49. The van der Waals surface area contributed by atoms with Crippen molar-refractivity contribution in [2.24, 2.45) is 11.8 Å². The van der Waals surface area contributed by atoms with Crippen LogP contribution >= 0.6 is 11.6 Å². The summed E-state index contributed by atoms with van der Waals surface area (Å²) in [7, 11) is 0. The lowest BCUT2D eigenvalue weighted by Gasteiger charge is -2.44. The number of nitrogens with zero attached hydrogens (tertiary/aromatic N) is 1. The SMILES string of the molecule is C=CC(=O)[C@@H]1CC[C@H]1CN1CC2(CCCc3cc(Cl)ccc32)COc2ccc(C(=O)O)cc21. The van der Waals surface area contributed by atoms with Gasteiger partial charge in [0.1, 0.15) is 5.75 Å². The number of hydrogen-bond donors (Lipinski definition) is 1. The number of aromatic carboxylic acids is 1. The maximum Gasteiger partial charge on any atom is 0.335 e. The standard InChI is InChI=1S/C27H28ClNO4/c1-2-24(30)21-8-5-19(21)14-29-15-27(11-3-4-17-12-20(28)7-9-22(17)27)16-33-25-10-6-18(26(31)32)13-23(25)29/h2,6-7,9-10,12-13,19,21H,1,3-5,8,11,14-16H2,(H,31,32)/t19-,21+,27?/m0/s1. The predicted molar refractivity (Wildman–Crippen MR) is 129 cm³/mol. The Hall–Kier alpha value is -2.79. The number of carboxylic acids is 1. The molecule has 33 heavy (non-hydrogen) atoms. The summed E-state index contributed by atoms with van der Waals surface area (Å²) in [5, 5.41) is 10.3. The molecule has 0 saturated heterocycles. The van der Waals surface area contributed by atoms with Crippen LogP contribution in [-0.4, -0.2) is 36.6 Å². The van der Waals surface area contributed by atoms with Crippen LogP contribution in [0.15, 0.2) is 49.1 Å². The van der Waals surface area contributed by atoms with E-state index >= 15 is 0 Å². The molecular formula is C27H28ClNO4. The van der Waals surface area contributed by atoms with Crippen LogP contribution in [0.5, 0.6) is 5.75 Å². The number of carboxylic acid groups (broad SMARTS) is 1. The Morgan fingerprint density at radius 1 is 1.24 bits per heavy atom. The number of benzene rings is 2. The van der Waals surface area contributed by atoms with E-state index in [-0.39, 0.29) is 28.6 Å². The fourth-order valence-electron chi connectivity index (χ4n) is 5.84. The highest BCUT2D eigenvalue weighted by Crippen LogP contribution is 2.46. The second-order valence-corrected chi connectivity index (χ2v) is 10.1. The van der Waals surface area contributed by atoms with Crippen molar-refractivity contribution in [3.63, 3.8) is 0 Å². The molecule has 1 N–H and O–H groups in total. The summed E-state index contributed by atoms with van der Waals surface area (Å²) in [4.78, 5) is 26.3. The molecule has 0 amide bonds. The molecule has 5 nitrogen and oxygen atoms in total. The number of anilines is 1. The molecule has 1 saturated carbocycles. The molecule has 1 heterocycles. The first-order valence-corrected chi connectivity index (χ1v) is 12.0. The molecule has 1 aliphatic heterocycles. The topological polar surface area (TPSA) is 66.8 Å². The predicted octanol–water partition coefficient (Wildman–Crippen LogP) is 5.29. The van der Waals surface area contributed by atoms with Gasteiger partial charge in [0.2, 0.25) is 0 Å². The van der Waals surface area contributed by atoms with Crippen molar-refractivity contribution >= 4 is 29.0 Å². The Morgan fingerprint density at radius 2 is 2.09 bits per heavy atom. The Balaban J connectivity index is 1.55. The molecule has 1 spiro atoms. The summed E-state index contributed by atoms with van der Waals surface area (Å²) in [5.41, 5.74) is 3.34. The van der Waals surface area contributed by atoms with Crippen LogP contribution in [0.2, 0.25) is 5.02 Å². The van der Waals surface area contributed by atoms with Gasteiger partial charge in [0.15, 0.2) is 5.78 Å². The van der Waals surface area contributed by atoms with Crippen molar-refractivity contribution in [1.82, 2.24) is 0 Å². The average Bonchev–Trinajstić information content (AvgIpc) is 2.93. The summed E-state index contributed by atoms with van der Waals surface area (Å²) < 4.78 is 6.37. The third kappa shape index (κ3) is 3.93. The molecule has 3 aliphatic rings. The lowest BCUT2D eigenvalue weighted by atomic mass is 9.69. The van der Waals surface area contributed by atoms with E-state index in [1.165, 1.54) is 17.2 Å². The number of hydrogen-bond acceptors (Lipinski definition) is 4. The number of ether oxygens (including phenoxy) is 1. The lowest BCUT2D eigenvalue weighted by molar-refractivity contribution is -0.122. The van der Waals surface area contributed by atoms with Crippen LogP contribution in [0, 0.1) is 11.8 Å². The van der Waals surface area contributed by atoms with Gasteiger partial charge in [-0.15, -0.1) is 0 Å². The first kappa shape index (κ1) is 22.0. The van der Waals surface area contributed by atoms with Crippen LogP contribution in [0.25, 0.3) is 0 Å². The smallest absolute Gasteiger partial charge is 0.335 e. The summed E-state index contributed by atoms with van der Waals surface area (Å²) in [5.74, 6) is 0.0530. The Kier molecular flexibility index (Phi) is 5.69. The van der Waals surface area contributed by atoms with Crippen LogP contribution in [-0.2, 0) is 16.6 Å². The van der Waals surface area contributed by atoms with Crippen molar-refractivity contribution in [3.8, 4) is 5.75 Å². The number of halogens is 1. The largest absolute Gasteiger partial charge is 0.490 e. The molecule has 172 valence electrons. The zero-order valence-corrected chi connectivity index (χ0v) is 19.3. The summed E-state index contributed by atoms with van der Waals surface area (Å²) in [6.07, 6.45) is 6.32. The van der Waals surface area contributed by atoms with E-state index in [0.29, 0.717) is 25.4 Å². The molecule has 0 bridgehead atoms. The number of carbonyl (C=O) groups excluding carboxylic acids is 1. The fourth-order valence-corrected chi connectivity index (χ4v) is 6.04. The maximum atomic E-state index is 12.3. The third-order valence-electron chi connectivity index (χ3n) is 7.72. The van der Waals surface area contributed by atoms with E-state index in [4.69, 9.17) is 16.3 Å². The van der Waals surface area contributed by atoms with Gasteiger partial charge in [0.25, 0.3) is 0 Å². The van der Waals surface area contributed by atoms with Crippen LogP contribution in [0.1, 0.15) is 47.2 Å². The Bertz CT molecular complexity index is 1130. The Morgan fingerprint density at radius 3 is 2.82 bits per heavy atom. The number of aryl methyl sites for hydroxylation is 1. The van der Waals surface area contributed by atoms with Gasteiger partial charge in [-0.05, 0) is 85.6 Å². The molecule has 0 radical (unpaired) electrons. The molecule has 5 rings (SSSR count). The second kappa shape index (κ2) is 8.53. The number of allylic oxidation sites excluding steroid dienone is 1. The van der Waals surface area contributed by atoms with E-state index in [2.05, 4.69) is 23.6 Å². The normalized spacial score (nSPS) is 25.8. The number of carbonyl (C=O) groups is 2. The molecule has 2 aliphatic carbocycles. The van der Waals surface area contributed by atoms with Gasteiger partial charge in [-0.2, -0.15) is 0 Å². The van der Waals surface area contributed by atoms with E-state index < -0.39 is 5.97 Å². The zero-order chi connectivity index (χ0) is 23.2. The molecular weight excluding hydrogens is 438 g/mol. The van der Waals surface area contributed by atoms with Crippen molar-refractivity contribution in [3.05, 3.63) is 70.8 Å². The van der Waals surface area contributed by atoms with E-state index in [1.807, 2.05) is 6.07 Å². The molecule has 3 atom stereocenters. The number of rotatable bonds is 5. The van der Waals surface area contributed by atoms with Crippen molar-refractivity contribution in [2.45, 2.75) is 37.5 Å². The summed E-state index contributed by atoms with van der Waals surface area (Å²) >= 11 is 6.30. The van der Waals surface area contributed by atoms with Crippen LogP contribution in [0.4, 0.5) is 5.69 Å². The van der Waals surface area contributed by atoms with Gasteiger partial charge in [-0.25, -0.2) is 4.79 Å². The molecule has 1 fully saturated rings. The Labute approximate surface area is 199 Å². The van der Waals surface area contributed by atoms with E-state index in [0.717, 1.165) is 42.8 Å². The molecule has 2 aromatic rings. The van der Waals surface area contributed by atoms with Crippen molar-refractivity contribution < 1.29 is 19.4 Å². The van der Waals surface area contributed by atoms with Crippen molar-refractivity contribution in [1.29, 1.82) is 0 Å². The summed E-state index contributed by atoms with van der Waals surface area (Å²) in [6.45, 7) is 5.59. The first-order chi connectivity index (χ1) is 15.9. The first-order valence-electron chi connectivity index (χ1n) is 11.6. The monoisotopic (exact) mass is 465 g/mol. The average molecular weight is 466 g/mol. The van der Waals surface area contributed by atoms with E-state index in [1.54, 1.807) is 18.2 Å². The van der Waals surface area contributed by atoms with Crippen LogP contribution < -0.4 is 9.64 Å². The minimum Gasteiger partial charge on any atom is -0.490 e. The van der Waals surface area contributed by atoms with Crippen molar-refractivity contribution in [2.75, 3.05) is 24.6 Å². The molecule has 6 heteroatoms. The van der Waals surface area contributed by atoms with Gasteiger partial charge in [-0.3, -0.25) is 4.79 Å². The van der Waals surface area contributed by atoms with Crippen LogP contribution in [0.3, 0.4) is 0 Å². The number of ketones is 1. The second-order valence-electron chi connectivity index (χ2n) is 9.64. The zero-order valence-electron chi connectivity index (χ0n) is 18.6. The highest BCUT2D eigenvalue weighted by atomic mass is 35.5. The minimum absolute atomic E-state index is 0.00817. The fraction of sp³-hybridized carbons (Fsp3) is 0.407. The highest BCUT2D eigenvalue weighted by Gasteiger charge is 2.44. The van der Waals surface area contributed by atoms with Gasteiger partial charge in [0, 0.05) is 29.4 Å². The highest BCUT2D eigenvalue weighted by molar-refractivity contribution is 6.30. The third-order valence-corrected chi connectivity index (χ3v) is 7.96. The number of fused-ring (bicyclic) bond motifs is 3. The molecule has 1 unspecified atom stereocenters. The van der Waals surface area contributed by atoms with Gasteiger partial charge >= 0.3 is 5.97 Å². The minimum atomic E-state index is -0.960. The summed E-state index contributed by atoms with van der Waals surface area (Å²) in [6, 6.07) is 11.2. The van der Waals surface area contributed by atoms with Gasteiger partial charge in [-0.1, -0.05) is 24.2 Å². The van der Waals surface area contributed by atoms with Gasteiger partial charge in [0.05, 0.1) is 17.9 Å². The van der Waals surface area contributed by atoms with E-state index in [9.17, 15) is 14.7 Å². The van der Waals surface area contributed by atoms with Gasteiger partial charge < -0.3 is 14.7 Å².